The van der Waals surface area contributed by atoms with Crippen molar-refractivity contribution in [2.24, 2.45) is 0 Å². The summed E-state index contributed by atoms with van der Waals surface area (Å²) in [6, 6.07) is 0.953. The molecule has 1 aromatic rings. The molecule has 1 nitrogen and oxygen atoms in total. The third kappa shape index (κ3) is 8.96. The second-order valence-electron chi connectivity index (χ2n) is 8.36. The van der Waals surface area contributed by atoms with Gasteiger partial charge in [-0.2, -0.15) is 8.78 Å². The van der Waals surface area contributed by atoms with E-state index in [4.69, 9.17) is 0 Å². The maximum absolute atomic E-state index is 15.2. The zero-order valence-corrected chi connectivity index (χ0v) is 23.0. The van der Waals surface area contributed by atoms with Gasteiger partial charge in [0.1, 0.15) is 48.0 Å². The lowest BCUT2D eigenvalue weighted by molar-refractivity contribution is -0.226. The molecule has 0 heterocycles. The van der Waals surface area contributed by atoms with Gasteiger partial charge in [-0.3, -0.25) is 0 Å². The van der Waals surface area contributed by atoms with Crippen molar-refractivity contribution < 1.29 is 39.9 Å². The Labute approximate surface area is 229 Å². The van der Waals surface area contributed by atoms with Gasteiger partial charge < -0.3 is 4.74 Å². The minimum absolute atomic E-state index is 0.240. The number of rotatable bonds is 13. The third-order valence-electron chi connectivity index (χ3n) is 5.75. The molecule has 9 heteroatoms. The Bertz CT molecular complexity index is 1270. The van der Waals surface area contributed by atoms with Crippen molar-refractivity contribution in [1.29, 1.82) is 0 Å². The van der Waals surface area contributed by atoms with E-state index in [1.807, 2.05) is 19.9 Å². The van der Waals surface area contributed by atoms with Gasteiger partial charge in [-0.1, -0.05) is 49.5 Å². The molecule has 0 saturated heterocycles. The fourth-order valence-corrected chi connectivity index (χ4v) is 3.54. The van der Waals surface area contributed by atoms with Crippen molar-refractivity contribution in [1.82, 2.24) is 0 Å². The first kappa shape index (κ1) is 34.4. The maximum atomic E-state index is 15.2. The number of allylic oxidation sites excluding steroid dienone is 14. The van der Waals surface area contributed by atoms with Crippen LogP contribution in [0, 0.1) is 11.6 Å². The molecule has 0 bridgehead atoms. The standard InChI is InChI=1S/C31H32F8O/c1-7-19(5)11-12-21(8-2)20(6)15-25(34)23(9-3)22-16-26(35)30(27(36)17-22)31(38,39)40-29(13-14-32)24(10-4)28(37)18-33/h7-9,11-13,15-17H,6,10,14,18H2,1-5H3/b12-11-,19-7-,21-8+,23-9-,25-15+,28-24+,29-13+. The number of alkyl halides is 4. The molecule has 0 spiro atoms. The lowest BCUT2D eigenvalue weighted by Gasteiger charge is -2.23. The summed E-state index contributed by atoms with van der Waals surface area (Å²) >= 11 is 0. The summed E-state index contributed by atoms with van der Waals surface area (Å²) in [5.74, 6) is -7.15. The Morgan fingerprint density at radius 1 is 0.975 bits per heavy atom. The van der Waals surface area contributed by atoms with Crippen LogP contribution in [0.4, 0.5) is 35.1 Å². The Hall–Kier alpha value is -3.62. The summed E-state index contributed by atoms with van der Waals surface area (Å²) in [7, 11) is 0. The SMILES string of the molecule is C=C(/C=C(F)\C(=C/C)c1cc(F)c(C(F)(F)OC(=C/CF)/C(CC)=C(/F)CF)c(F)c1)C(/C=C\C(C)=C/C)=C/C. The molecule has 0 amide bonds. The van der Waals surface area contributed by atoms with E-state index in [2.05, 4.69) is 11.3 Å². The molecule has 1 aromatic carbocycles. The molecule has 0 unspecified atom stereocenters. The molecule has 0 radical (unpaired) electrons. The van der Waals surface area contributed by atoms with Crippen LogP contribution in [-0.2, 0) is 10.8 Å². The van der Waals surface area contributed by atoms with Crippen LogP contribution < -0.4 is 0 Å². The highest BCUT2D eigenvalue weighted by Crippen LogP contribution is 2.40. The van der Waals surface area contributed by atoms with Crippen molar-refractivity contribution in [2.75, 3.05) is 13.3 Å². The third-order valence-corrected chi connectivity index (χ3v) is 5.75. The van der Waals surface area contributed by atoms with E-state index in [1.165, 1.54) is 19.9 Å². The van der Waals surface area contributed by atoms with Gasteiger partial charge in [0.2, 0.25) is 0 Å². The largest absolute Gasteiger partial charge is 0.432 e. The van der Waals surface area contributed by atoms with E-state index in [0.29, 0.717) is 23.8 Å². The highest BCUT2D eigenvalue weighted by Gasteiger charge is 2.42. The molecule has 0 saturated carbocycles. The molecule has 218 valence electrons. The van der Waals surface area contributed by atoms with Gasteiger partial charge >= 0.3 is 6.11 Å². The molecule has 0 aliphatic carbocycles. The fraction of sp³-hybridized carbons (Fsp3) is 0.290. The van der Waals surface area contributed by atoms with Crippen LogP contribution in [0.15, 0.2) is 101 Å². The molecular formula is C31H32F8O. The second kappa shape index (κ2) is 15.8. The predicted molar refractivity (Wildman–Crippen MR) is 144 cm³/mol. The lowest BCUT2D eigenvalue weighted by atomic mass is 9.98. The van der Waals surface area contributed by atoms with Crippen LogP contribution in [0.3, 0.4) is 0 Å². The number of ether oxygens (including phenoxy) is 1. The molecule has 0 fully saturated rings. The van der Waals surface area contributed by atoms with E-state index < -0.39 is 65.2 Å². The Balaban J connectivity index is 3.49. The monoisotopic (exact) mass is 572 g/mol. The van der Waals surface area contributed by atoms with Gasteiger partial charge in [0.25, 0.3) is 0 Å². The van der Waals surface area contributed by atoms with Gasteiger partial charge in [0, 0.05) is 11.1 Å². The number of hydrogen-bond acceptors (Lipinski definition) is 1. The molecule has 0 aromatic heterocycles. The summed E-state index contributed by atoms with van der Waals surface area (Å²) in [6.07, 6.45) is 4.52. The van der Waals surface area contributed by atoms with Crippen molar-refractivity contribution in [3.8, 4) is 0 Å². The maximum Gasteiger partial charge on any atom is 0.432 e. The van der Waals surface area contributed by atoms with Gasteiger partial charge in [-0.15, -0.1) is 0 Å². The second-order valence-corrected chi connectivity index (χ2v) is 8.36. The van der Waals surface area contributed by atoms with Gasteiger partial charge in [-0.05, 0) is 75.1 Å². The first-order valence-electron chi connectivity index (χ1n) is 12.3. The number of halogens is 8. The highest BCUT2D eigenvalue weighted by atomic mass is 19.3. The molecular weight excluding hydrogens is 540 g/mol. The van der Waals surface area contributed by atoms with Gasteiger partial charge in [0.15, 0.2) is 0 Å². The van der Waals surface area contributed by atoms with E-state index in [-0.39, 0.29) is 17.6 Å². The van der Waals surface area contributed by atoms with Crippen molar-refractivity contribution in [3.63, 3.8) is 0 Å². The van der Waals surface area contributed by atoms with Gasteiger partial charge in [-0.25, -0.2) is 26.3 Å². The first-order chi connectivity index (χ1) is 18.8. The smallest absolute Gasteiger partial charge is 0.429 e. The van der Waals surface area contributed by atoms with Crippen LogP contribution >= 0.6 is 0 Å². The summed E-state index contributed by atoms with van der Waals surface area (Å²) < 4.78 is 119. The fourth-order valence-electron chi connectivity index (χ4n) is 3.54. The van der Waals surface area contributed by atoms with Crippen LogP contribution in [-0.4, -0.2) is 13.3 Å². The molecule has 0 atom stereocenters. The first-order valence-corrected chi connectivity index (χ1v) is 12.3. The highest BCUT2D eigenvalue weighted by molar-refractivity contribution is 5.78. The van der Waals surface area contributed by atoms with Crippen molar-refractivity contribution in [3.05, 3.63) is 124 Å². The van der Waals surface area contributed by atoms with E-state index >= 15 is 4.39 Å². The van der Waals surface area contributed by atoms with Crippen LogP contribution in [0.5, 0.6) is 0 Å². The quantitative estimate of drug-likeness (QED) is 0.130. The Kier molecular flexibility index (Phi) is 13.6. The average molecular weight is 573 g/mol. The average Bonchev–Trinajstić information content (AvgIpc) is 2.88. The summed E-state index contributed by atoms with van der Waals surface area (Å²) in [6.45, 7) is 8.79. The lowest BCUT2D eigenvalue weighted by Crippen LogP contribution is -2.23. The topological polar surface area (TPSA) is 9.23 Å². The summed E-state index contributed by atoms with van der Waals surface area (Å²) in [4.78, 5) is 0. The molecule has 40 heavy (non-hydrogen) atoms. The van der Waals surface area contributed by atoms with Crippen molar-refractivity contribution in [2.45, 2.75) is 47.1 Å². The molecule has 0 aliphatic heterocycles. The molecule has 0 aliphatic rings. The van der Waals surface area contributed by atoms with E-state index in [1.54, 1.807) is 25.2 Å². The van der Waals surface area contributed by atoms with Crippen LogP contribution in [0.25, 0.3) is 5.57 Å². The normalized spacial score (nSPS) is 15.1. The van der Waals surface area contributed by atoms with E-state index in [9.17, 15) is 30.7 Å². The van der Waals surface area contributed by atoms with Crippen molar-refractivity contribution >= 4 is 5.57 Å². The number of benzene rings is 1. The molecule has 0 N–H and O–H groups in total. The van der Waals surface area contributed by atoms with Crippen LogP contribution in [0.1, 0.15) is 52.2 Å². The minimum Gasteiger partial charge on any atom is -0.429 e. The van der Waals surface area contributed by atoms with Crippen LogP contribution in [0.2, 0.25) is 0 Å². The number of hydrogen-bond donors (Lipinski definition) is 0. The van der Waals surface area contributed by atoms with Gasteiger partial charge in [0.05, 0.1) is 0 Å². The zero-order chi connectivity index (χ0) is 30.6. The summed E-state index contributed by atoms with van der Waals surface area (Å²) in [5, 5.41) is 0. The predicted octanol–water partition coefficient (Wildman–Crippen LogP) is 10.8. The minimum atomic E-state index is -4.76. The van der Waals surface area contributed by atoms with E-state index in [0.717, 1.165) is 11.6 Å². The summed E-state index contributed by atoms with van der Waals surface area (Å²) in [5.41, 5.74) is -1.56. The zero-order valence-electron chi connectivity index (χ0n) is 23.0. The Morgan fingerprint density at radius 2 is 1.57 bits per heavy atom. The molecule has 1 rings (SSSR count). The Morgan fingerprint density at radius 3 is 2.02 bits per heavy atom.